The number of esters is 1. The standard InChI is InChI=1S/C8H11NO4/c1-13-7(10)5-6(8(11)12)3-2-4-9/h6H,2-3,5H2,1H3,(H,11,12)/t6-/m1/s1. The summed E-state index contributed by atoms with van der Waals surface area (Å²) in [4.78, 5) is 21.3. The van der Waals surface area contributed by atoms with E-state index >= 15 is 0 Å². The zero-order valence-electron chi connectivity index (χ0n) is 7.32. The SMILES string of the molecule is COC(=O)C[C@@H](CCC#N)C(=O)O. The third-order valence-corrected chi connectivity index (χ3v) is 1.59. The Labute approximate surface area is 75.9 Å². The maximum atomic E-state index is 10.7. The summed E-state index contributed by atoms with van der Waals surface area (Å²) in [7, 11) is 1.20. The van der Waals surface area contributed by atoms with E-state index in [0.29, 0.717) is 0 Å². The van der Waals surface area contributed by atoms with E-state index in [-0.39, 0.29) is 19.3 Å². The highest BCUT2D eigenvalue weighted by Crippen LogP contribution is 2.11. The molecular formula is C8H11NO4. The van der Waals surface area contributed by atoms with E-state index in [0.717, 1.165) is 0 Å². The Kier molecular flexibility index (Phi) is 5.28. The molecule has 1 atom stereocenters. The molecule has 0 heterocycles. The summed E-state index contributed by atoms with van der Waals surface area (Å²) in [6.45, 7) is 0. The minimum atomic E-state index is -1.07. The number of aliphatic carboxylic acids is 1. The predicted molar refractivity (Wildman–Crippen MR) is 42.6 cm³/mol. The molecule has 0 aromatic carbocycles. The van der Waals surface area contributed by atoms with Crippen LogP contribution in [0.1, 0.15) is 19.3 Å². The molecule has 0 rings (SSSR count). The molecule has 0 saturated heterocycles. The number of carboxylic acid groups (broad SMARTS) is 1. The fourth-order valence-electron chi connectivity index (χ4n) is 0.836. The molecule has 0 saturated carbocycles. The number of carbonyl (C=O) groups excluding carboxylic acids is 1. The van der Waals surface area contributed by atoms with E-state index in [1.807, 2.05) is 6.07 Å². The second-order valence-corrected chi connectivity index (χ2v) is 2.51. The fraction of sp³-hybridized carbons (Fsp3) is 0.625. The van der Waals surface area contributed by atoms with Crippen molar-refractivity contribution in [2.75, 3.05) is 7.11 Å². The van der Waals surface area contributed by atoms with Crippen molar-refractivity contribution in [1.29, 1.82) is 5.26 Å². The van der Waals surface area contributed by atoms with Gasteiger partial charge in [0.2, 0.25) is 0 Å². The summed E-state index contributed by atoms with van der Waals surface area (Å²) in [6.07, 6.45) is 0.141. The second-order valence-electron chi connectivity index (χ2n) is 2.51. The molecule has 0 bridgehead atoms. The number of ether oxygens (including phenoxy) is 1. The number of hydrogen-bond donors (Lipinski definition) is 1. The number of carbonyl (C=O) groups is 2. The van der Waals surface area contributed by atoms with Gasteiger partial charge < -0.3 is 9.84 Å². The normalized spacial score (nSPS) is 11.4. The average molecular weight is 185 g/mol. The highest BCUT2D eigenvalue weighted by molar-refractivity contribution is 5.78. The van der Waals surface area contributed by atoms with Crippen molar-refractivity contribution >= 4 is 11.9 Å². The Bertz CT molecular complexity index is 231. The van der Waals surface area contributed by atoms with Crippen molar-refractivity contribution in [2.45, 2.75) is 19.3 Å². The van der Waals surface area contributed by atoms with Crippen LogP contribution in [0.5, 0.6) is 0 Å². The first-order valence-corrected chi connectivity index (χ1v) is 3.78. The molecule has 0 radical (unpaired) electrons. The van der Waals surface area contributed by atoms with E-state index in [4.69, 9.17) is 10.4 Å². The summed E-state index contributed by atoms with van der Waals surface area (Å²) in [6, 6.07) is 1.83. The molecule has 0 aliphatic rings. The summed E-state index contributed by atoms with van der Waals surface area (Å²) >= 11 is 0. The molecule has 0 amide bonds. The third-order valence-electron chi connectivity index (χ3n) is 1.59. The lowest BCUT2D eigenvalue weighted by atomic mass is 10.0. The zero-order chi connectivity index (χ0) is 10.3. The maximum Gasteiger partial charge on any atom is 0.307 e. The summed E-state index contributed by atoms with van der Waals surface area (Å²) in [5.41, 5.74) is 0. The smallest absolute Gasteiger partial charge is 0.307 e. The van der Waals surface area contributed by atoms with Crippen LogP contribution < -0.4 is 0 Å². The Morgan fingerprint density at radius 1 is 1.62 bits per heavy atom. The molecule has 0 unspecified atom stereocenters. The molecule has 13 heavy (non-hydrogen) atoms. The topological polar surface area (TPSA) is 87.4 Å². The molecule has 0 aliphatic carbocycles. The van der Waals surface area contributed by atoms with Crippen LogP contribution in [0.3, 0.4) is 0 Å². The van der Waals surface area contributed by atoms with Crippen molar-refractivity contribution in [3.63, 3.8) is 0 Å². The molecule has 5 heteroatoms. The molecular weight excluding hydrogens is 174 g/mol. The van der Waals surface area contributed by atoms with Gasteiger partial charge in [0.1, 0.15) is 0 Å². The zero-order valence-corrected chi connectivity index (χ0v) is 7.32. The van der Waals surface area contributed by atoms with Crippen molar-refractivity contribution in [2.24, 2.45) is 5.92 Å². The van der Waals surface area contributed by atoms with E-state index in [1.54, 1.807) is 0 Å². The number of methoxy groups -OCH3 is 1. The number of hydrogen-bond acceptors (Lipinski definition) is 4. The minimum absolute atomic E-state index is 0.133. The average Bonchev–Trinajstić information content (AvgIpc) is 2.11. The van der Waals surface area contributed by atoms with Crippen molar-refractivity contribution in [1.82, 2.24) is 0 Å². The lowest BCUT2D eigenvalue weighted by Crippen LogP contribution is -2.18. The van der Waals surface area contributed by atoms with E-state index in [2.05, 4.69) is 4.74 Å². The van der Waals surface area contributed by atoms with Gasteiger partial charge in [-0.05, 0) is 6.42 Å². The lowest BCUT2D eigenvalue weighted by Gasteiger charge is -2.07. The molecule has 0 aromatic heterocycles. The summed E-state index contributed by atoms with van der Waals surface area (Å²) in [5, 5.41) is 16.9. The third kappa shape index (κ3) is 4.80. The molecule has 0 spiro atoms. The molecule has 0 fully saturated rings. The first kappa shape index (κ1) is 11.4. The molecule has 5 nitrogen and oxygen atoms in total. The van der Waals surface area contributed by atoms with Crippen LogP contribution in [-0.4, -0.2) is 24.2 Å². The minimum Gasteiger partial charge on any atom is -0.481 e. The van der Waals surface area contributed by atoms with Crippen LogP contribution in [0.4, 0.5) is 0 Å². The van der Waals surface area contributed by atoms with Gasteiger partial charge in [-0.15, -0.1) is 0 Å². The molecule has 0 aliphatic heterocycles. The van der Waals surface area contributed by atoms with Crippen molar-refractivity contribution in [3.05, 3.63) is 0 Å². The number of nitriles is 1. The van der Waals surface area contributed by atoms with Gasteiger partial charge in [0.25, 0.3) is 0 Å². The first-order valence-electron chi connectivity index (χ1n) is 3.78. The number of rotatable bonds is 5. The fourth-order valence-corrected chi connectivity index (χ4v) is 0.836. The Balaban J connectivity index is 4.03. The highest BCUT2D eigenvalue weighted by Gasteiger charge is 2.20. The van der Waals surface area contributed by atoms with Crippen molar-refractivity contribution < 1.29 is 19.4 Å². The Morgan fingerprint density at radius 2 is 2.23 bits per heavy atom. The first-order chi connectivity index (χ1) is 6.11. The number of nitrogens with zero attached hydrogens (tertiary/aromatic N) is 1. The van der Waals surface area contributed by atoms with Gasteiger partial charge in [-0.1, -0.05) is 0 Å². The Morgan fingerprint density at radius 3 is 2.62 bits per heavy atom. The lowest BCUT2D eigenvalue weighted by molar-refractivity contribution is -0.150. The monoisotopic (exact) mass is 185 g/mol. The van der Waals surface area contributed by atoms with Crippen LogP contribution >= 0.6 is 0 Å². The highest BCUT2D eigenvalue weighted by atomic mass is 16.5. The quantitative estimate of drug-likeness (QED) is 0.632. The van der Waals surface area contributed by atoms with Gasteiger partial charge in [-0.3, -0.25) is 9.59 Å². The van der Waals surface area contributed by atoms with Crippen LogP contribution in [0, 0.1) is 17.2 Å². The second kappa shape index (κ2) is 6.00. The van der Waals surface area contributed by atoms with Crippen molar-refractivity contribution in [3.8, 4) is 6.07 Å². The number of carboxylic acids is 1. The Hall–Kier alpha value is -1.57. The van der Waals surface area contributed by atoms with E-state index in [1.165, 1.54) is 7.11 Å². The van der Waals surface area contributed by atoms with Crippen LogP contribution in [0.25, 0.3) is 0 Å². The van der Waals surface area contributed by atoms with Gasteiger partial charge >= 0.3 is 11.9 Å². The molecule has 0 aromatic rings. The van der Waals surface area contributed by atoms with E-state index in [9.17, 15) is 9.59 Å². The van der Waals surface area contributed by atoms with Gasteiger partial charge in [0.15, 0.2) is 0 Å². The van der Waals surface area contributed by atoms with Crippen LogP contribution in [0.15, 0.2) is 0 Å². The maximum absolute atomic E-state index is 10.7. The van der Waals surface area contributed by atoms with E-state index < -0.39 is 17.9 Å². The van der Waals surface area contributed by atoms with Gasteiger partial charge in [-0.2, -0.15) is 5.26 Å². The summed E-state index contributed by atoms with van der Waals surface area (Å²) in [5.74, 6) is -2.45. The van der Waals surface area contributed by atoms with Crippen LogP contribution in [0.2, 0.25) is 0 Å². The largest absolute Gasteiger partial charge is 0.481 e. The van der Waals surface area contributed by atoms with Gasteiger partial charge in [-0.25, -0.2) is 0 Å². The molecule has 72 valence electrons. The molecule has 1 N–H and O–H groups in total. The summed E-state index contributed by atoms with van der Waals surface area (Å²) < 4.78 is 4.33. The van der Waals surface area contributed by atoms with Gasteiger partial charge in [0, 0.05) is 6.42 Å². The van der Waals surface area contributed by atoms with Crippen LogP contribution in [-0.2, 0) is 14.3 Å². The predicted octanol–water partition coefficient (Wildman–Crippen LogP) is 0.554. The van der Waals surface area contributed by atoms with Gasteiger partial charge in [0.05, 0.1) is 25.5 Å².